The molecule has 4 heteroatoms. The number of rotatable bonds is 7. The van der Waals surface area contributed by atoms with Crippen LogP contribution in [0.25, 0.3) is 0 Å². The number of hydrogen-bond donors (Lipinski definition) is 1. The largest absolute Gasteiger partial charge is 0.281 e. The average molecular weight is 365 g/mol. The summed E-state index contributed by atoms with van der Waals surface area (Å²) in [7, 11) is 8.59. The van der Waals surface area contributed by atoms with Crippen LogP contribution in [0.5, 0.6) is 0 Å². The quantitative estimate of drug-likeness (QED) is 0.597. The van der Waals surface area contributed by atoms with Crippen LogP contribution in [0, 0.1) is 0 Å². The maximum absolute atomic E-state index is 3.99. The van der Waals surface area contributed by atoms with Gasteiger partial charge in [-0.3, -0.25) is 14.8 Å². The molecule has 0 aromatic heterocycles. The summed E-state index contributed by atoms with van der Waals surface area (Å²) in [5.41, 5.74) is 6.31. The Labute approximate surface area is 164 Å². The molecule has 0 aliphatic carbocycles. The highest BCUT2D eigenvalue weighted by Gasteiger charge is 2.47. The molecular formula is C23H32N4. The van der Waals surface area contributed by atoms with E-state index < -0.39 is 0 Å². The van der Waals surface area contributed by atoms with Crippen molar-refractivity contribution in [3.63, 3.8) is 0 Å². The van der Waals surface area contributed by atoms with E-state index in [2.05, 4.69) is 96.6 Å². The van der Waals surface area contributed by atoms with Gasteiger partial charge >= 0.3 is 0 Å². The molecule has 1 N–H and O–H groups in total. The molecule has 0 spiro atoms. The first kappa shape index (κ1) is 19.8. The second-order valence-corrected chi connectivity index (χ2v) is 7.61. The van der Waals surface area contributed by atoms with E-state index in [9.17, 15) is 0 Å². The van der Waals surface area contributed by atoms with Gasteiger partial charge in [-0.25, -0.2) is 5.43 Å². The van der Waals surface area contributed by atoms with Gasteiger partial charge in [0.15, 0.2) is 0 Å². The van der Waals surface area contributed by atoms with Crippen LogP contribution in [0.4, 0.5) is 0 Å². The summed E-state index contributed by atoms with van der Waals surface area (Å²) in [6, 6.07) is 22.5. The molecule has 1 fully saturated rings. The Bertz CT molecular complexity index is 664. The zero-order valence-electron chi connectivity index (χ0n) is 16.9. The van der Waals surface area contributed by atoms with E-state index in [-0.39, 0.29) is 12.2 Å². The van der Waals surface area contributed by atoms with Crippen molar-refractivity contribution >= 4 is 0 Å². The lowest BCUT2D eigenvalue weighted by atomic mass is 9.93. The Balaban J connectivity index is 2.03. The van der Waals surface area contributed by atoms with Crippen LogP contribution >= 0.6 is 0 Å². The molecule has 2 aromatic carbocycles. The van der Waals surface area contributed by atoms with Crippen molar-refractivity contribution in [2.24, 2.45) is 0 Å². The molecule has 0 amide bonds. The Kier molecular flexibility index (Phi) is 6.45. The first-order chi connectivity index (χ1) is 13.0. The lowest BCUT2D eigenvalue weighted by molar-refractivity contribution is 0.0802. The first-order valence-electron chi connectivity index (χ1n) is 9.62. The monoisotopic (exact) mass is 364 g/mol. The van der Waals surface area contributed by atoms with Gasteiger partial charge in [-0.15, -0.1) is 6.58 Å². The van der Waals surface area contributed by atoms with E-state index >= 15 is 0 Å². The van der Waals surface area contributed by atoms with E-state index in [1.54, 1.807) is 0 Å². The summed E-state index contributed by atoms with van der Waals surface area (Å²) in [5, 5.41) is 2.04. The number of benzene rings is 2. The van der Waals surface area contributed by atoms with E-state index in [0.717, 1.165) is 6.42 Å². The average Bonchev–Trinajstić information content (AvgIpc) is 2.93. The van der Waals surface area contributed by atoms with Crippen LogP contribution < -0.4 is 5.43 Å². The number of likely N-dealkylation sites (N-methyl/N-ethyl adjacent to an activating group) is 2. The number of hydrogen-bond acceptors (Lipinski definition) is 4. The topological polar surface area (TPSA) is 21.8 Å². The molecule has 27 heavy (non-hydrogen) atoms. The molecule has 1 saturated heterocycles. The molecule has 1 heterocycles. The molecule has 0 saturated carbocycles. The van der Waals surface area contributed by atoms with Gasteiger partial charge in [0.25, 0.3) is 0 Å². The Morgan fingerprint density at radius 1 is 0.926 bits per heavy atom. The van der Waals surface area contributed by atoms with Crippen LogP contribution in [0.2, 0.25) is 0 Å². The summed E-state index contributed by atoms with van der Waals surface area (Å²) in [4.78, 5) is 5.02. The van der Waals surface area contributed by atoms with Crippen molar-refractivity contribution in [2.45, 2.75) is 30.7 Å². The molecule has 0 radical (unpaired) electrons. The fraction of sp³-hybridized carbons (Fsp3) is 0.391. The lowest BCUT2D eigenvalue weighted by Gasteiger charge is -2.36. The molecule has 4 nitrogen and oxygen atoms in total. The van der Waals surface area contributed by atoms with Crippen molar-refractivity contribution < 1.29 is 0 Å². The summed E-state index contributed by atoms with van der Waals surface area (Å²) < 4.78 is 0. The van der Waals surface area contributed by atoms with E-state index in [1.165, 1.54) is 11.1 Å². The van der Waals surface area contributed by atoms with Gasteiger partial charge < -0.3 is 0 Å². The van der Waals surface area contributed by atoms with Gasteiger partial charge in [-0.05, 0) is 31.6 Å². The van der Waals surface area contributed by atoms with E-state index in [0.29, 0.717) is 12.1 Å². The standard InChI is InChI=1S/C23H32N4/c1-6-13-20(24-25(2)3)23-26(4)21(18-14-9-7-10-15-18)22(27(23)5)19-16-11-8-12-17-19/h6-12,14-17,20-24H,1,13H2,2-5H3/t20-,21-,22-/m0/s1. The number of hydrazine groups is 1. The molecule has 1 aliphatic heterocycles. The van der Waals surface area contributed by atoms with Crippen LogP contribution in [-0.2, 0) is 0 Å². The normalized spacial score (nSPS) is 23.0. The second-order valence-electron chi connectivity index (χ2n) is 7.61. The van der Waals surface area contributed by atoms with Gasteiger partial charge in [0.05, 0.1) is 24.3 Å². The van der Waals surface area contributed by atoms with Crippen molar-refractivity contribution in [2.75, 3.05) is 28.2 Å². The minimum absolute atomic E-state index is 0.251. The molecule has 0 bridgehead atoms. The van der Waals surface area contributed by atoms with Crippen molar-refractivity contribution in [3.05, 3.63) is 84.4 Å². The Morgan fingerprint density at radius 2 is 1.37 bits per heavy atom. The minimum Gasteiger partial charge on any atom is -0.281 e. The third kappa shape index (κ3) is 4.14. The predicted octanol–water partition coefficient (Wildman–Crippen LogP) is 3.68. The minimum atomic E-state index is 0.251. The van der Waals surface area contributed by atoms with E-state index in [1.807, 2.05) is 25.2 Å². The molecule has 3 rings (SSSR count). The van der Waals surface area contributed by atoms with Gasteiger partial charge in [0.1, 0.15) is 0 Å². The van der Waals surface area contributed by atoms with Crippen LogP contribution in [0.3, 0.4) is 0 Å². The van der Waals surface area contributed by atoms with Gasteiger partial charge in [-0.2, -0.15) is 0 Å². The second kappa shape index (κ2) is 8.81. The zero-order chi connectivity index (χ0) is 19.4. The van der Waals surface area contributed by atoms with Gasteiger partial charge in [0, 0.05) is 14.1 Å². The number of nitrogens with zero attached hydrogens (tertiary/aromatic N) is 3. The third-order valence-corrected chi connectivity index (χ3v) is 5.50. The Morgan fingerprint density at radius 3 is 1.74 bits per heavy atom. The lowest BCUT2D eigenvalue weighted by Crippen LogP contribution is -2.54. The highest BCUT2D eigenvalue weighted by molar-refractivity contribution is 5.30. The summed E-state index contributed by atoms with van der Waals surface area (Å²) in [5.74, 6) is 0. The molecule has 2 aromatic rings. The molecule has 144 valence electrons. The van der Waals surface area contributed by atoms with Gasteiger partial charge in [-0.1, -0.05) is 66.7 Å². The third-order valence-electron chi connectivity index (χ3n) is 5.50. The van der Waals surface area contributed by atoms with Gasteiger partial charge in [0.2, 0.25) is 0 Å². The molecule has 1 aliphatic rings. The first-order valence-corrected chi connectivity index (χ1v) is 9.62. The maximum atomic E-state index is 3.99. The van der Waals surface area contributed by atoms with Crippen LogP contribution in [0.1, 0.15) is 29.6 Å². The fourth-order valence-electron chi connectivity index (χ4n) is 4.52. The smallest absolute Gasteiger partial charge is 0.0804 e. The highest BCUT2D eigenvalue weighted by Crippen LogP contribution is 2.46. The van der Waals surface area contributed by atoms with Crippen molar-refractivity contribution in [3.8, 4) is 0 Å². The molecular weight excluding hydrogens is 332 g/mol. The van der Waals surface area contributed by atoms with Crippen LogP contribution in [-0.4, -0.2) is 55.2 Å². The molecule has 3 atom stereocenters. The maximum Gasteiger partial charge on any atom is 0.0804 e. The summed E-state index contributed by atoms with van der Waals surface area (Å²) in [6.07, 6.45) is 3.16. The van der Waals surface area contributed by atoms with E-state index in [4.69, 9.17) is 0 Å². The van der Waals surface area contributed by atoms with Crippen molar-refractivity contribution in [1.29, 1.82) is 0 Å². The predicted molar refractivity (Wildman–Crippen MR) is 113 cm³/mol. The Hall–Kier alpha value is -1.98. The zero-order valence-corrected chi connectivity index (χ0v) is 16.9. The summed E-state index contributed by atoms with van der Waals surface area (Å²) >= 11 is 0. The highest BCUT2D eigenvalue weighted by atomic mass is 15.5. The fourth-order valence-corrected chi connectivity index (χ4v) is 4.52. The van der Waals surface area contributed by atoms with Crippen molar-refractivity contribution in [1.82, 2.24) is 20.2 Å². The SMILES string of the molecule is C=CC[C@H](NN(C)C)C1N(C)[C@@H](c2ccccc2)[C@H](c2ccccc2)N1C. The molecule has 0 unspecified atom stereocenters. The van der Waals surface area contributed by atoms with Crippen LogP contribution in [0.15, 0.2) is 73.3 Å². The summed E-state index contributed by atoms with van der Waals surface area (Å²) in [6.45, 7) is 3.99. The number of nitrogens with one attached hydrogen (secondary N) is 1.